The van der Waals surface area contributed by atoms with E-state index in [2.05, 4.69) is 10.1 Å². The fourth-order valence-corrected chi connectivity index (χ4v) is 4.74. The van der Waals surface area contributed by atoms with Gasteiger partial charge in [0.15, 0.2) is 0 Å². The summed E-state index contributed by atoms with van der Waals surface area (Å²) < 4.78 is 67.7. The second-order valence-corrected chi connectivity index (χ2v) is 8.81. The molecule has 0 bridgehead atoms. The number of anilines is 1. The summed E-state index contributed by atoms with van der Waals surface area (Å²) in [6.45, 7) is 0.899. The van der Waals surface area contributed by atoms with Gasteiger partial charge in [-0.15, -0.1) is 13.2 Å². The molecule has 0 atom stereocenters. The number of alkyl halides is 3. The number of sulfonamides is 1. The van der Waals surface area contributed by atoms with Crippen LogP contribution in [0, 0.1) is 0 Å². The van der Waals surface area contributed by atoms with Crippen molar-refractivity contribution >= 4 is 21.6 Å². The van der Waals surface area contributed by atoms with Crippen molar-refractivity contribution in [3.8, 4) is 5.75 Å². The van der Waals surface area contributed by atoms with E-state index in [1.165, 1.54) is 40.7 Å². The van der Waals surface area contributed by atoms with E-state index in [0.29, 0.717) is 13.1 Å². The van der Waals surface area contributed by atoms with E-state index in [1.807, 2.05) is 0 Å². The Hall–Kier alpha value is -2.59. The summed E-state index contributed by atoms with van der Waals surface area (Å²) in [7, 11) is -3.71. The maximum Gasteiger partial charge on any atom is 0.573 e. The van der Waals surface area contributed by atoms with Crippen molar-refractivity contribution in [2.45, 2.75) is 36.9 Å². The second kappa shape index (κ2) is 9.05. The van der Waals surface area contributed by atoms with E-state index >= 15 is 0 Å². The number of rotatable bonds is 5. The highest BCUT2D eigenvalue weighted by atomic mass is 32.2. The minimum atomic E-state index is -4.80. The lowest BCUT2D eigenvalue weighted by molar-refractivity contribution is -0.274. The highest BCUT2D eigenvalue weighted by molar-refractivity contribution is 7.89. The molecule has 0 spiro atoms. The molecule has 1 aliphatic rings. The molecule has 0 unspecified atom stereocenters. The van der Waals surface area contributed by atoms with Crippen LogP contribution in [0.2, 0.25) is 0 Å². The Morgan fingerprint density at radius 1 is 0.967 bits per heavy atom. The van der Waals surface area contributed by atoms with Crippen molar-refractivity contribution in [1.82, 2.24) is 4.31 Å². The Balaban J connectivity index is 1.73. The van der Waals surface area contributed by atoms with Gasteiger partial charge in [0.05, 0.1) is 4.90 Å². The van der Waals surface area contributed by atoms with Gasteiger partial charge in [-0.05, 0) is 55.3 Å². The molecule has 1 saturated heterocycles. The third kappa shape index (κ3) is 5.73. The second-order valence-electron chi connectivity index (χ2n) is 6.87. The van der Waals surface area contributed by atoms with E-state index in [9.17, 15) is 26.4 Å². The van der Waals surface area contributed by atoms with Gasteiger partial charge in [-0.25, -0.2) is 8.42 Å². The molecule has 0 aromatic heterocycles. The third-order valence-corrected chi connectivity index (χ3v) is 6.54. The van der Waals surface area contributed by atoms with Gasteiger partial charge in [0, 0.05) is 24.3 Å². The predicted octanol–water partition coefficient (Wildman–Crippen LogP) is 4.40. The highest BCUT2D eigenvalue weighted by Crippen LogP contribution is 2.25. The Morgan fingerprint density at radius 2 is 1.60 bits per heavy atom. The van der Waals surface area contributed by atoms with E-state index < -0.39 is 28.0 Å². The quantitative estimate of drug-likeness (QED) is 0.745. The number of carbonyl (C=O) groups is 1. The first-order valence-corrected chi connectivity index (χ1v) is 10.9. The van der Waals surface area contributed by atoms with Gasteiger partial charge >= 0.3 is 6.36 Å². The number of nitrogens with one attached hydrogen (secondary N) is 1. The summed E-state index contributed by atoms with van der Waals surface area (Å²) in [5.74, 6) is -0.988. The Bertz CT molecular complexity index is 984. The van der Waals surface area contributed by atoms with Gasteiger partial charge < -0.3 is 10.1 Å². The van der Waals surface area contributed by atoms with Gasteiger partial charge in [-0.2, -0.15) is 4.31 Å². The van der Waals surface area contributed by atoms with Crippen molar-refractivity contribution in [3.63, 3.8) is 0 Å². The summed E-state index contributed by atoms with van der Waals surface area (Å²) >= 11 is 0. The third-order valence-electron chi connectivity index (χ3n) is 4.64. The van der Waals surface area contributed by atoms with Gasteiger partial charge in [-0.3, -0.25) is 4.79 Å². The first kappa shape index (κ1) is 22.1. The molecular weight excluding hydrogens is 421 g/mol. The van der Waals surface area contributed by atoms with E-state index in [0.717, 1.165) is 37.8 Å². The molecule has 162 valence electrons. The van der Waals surface area contributed by atoms with E-state index in [-0.39, 0.29) is 16.1 Å². The molecule has 0 radical (unpaired) electrons. The summed E-state index contributed by atoms with van der Waals surface area (Å²) in [6.07, 6.45) is -1.23. The molecule has 1 amide bonds. The maximum atomic E-state index is 12.9. The molecule has 6 nitrogen and oxygen atoms in total. The number of amides is 1. The number of hydrogen-bond acceptors (Lipinski definition) is 4. The van der Waals surface area contributed by atoms with Crippen molar-refractivity contribution < 1.29 is 31.1 Å². The smallest absolute Gasteiger partial charge is 0.406 e. The summed E-state index contributed by atoms with van der Waals surface area (Å²) in [4.78, 5) is 12.5. The number of carbonyl (C=O) groups excluding carboxylic acids is 1. The van der Waals surface area contributed by atoms with Gasteiger partial charge in [-0.1, -0.05) is 18.9 Å². The molecule has 2 aromatic carbocycles. The van der Waals surface area contributed by atoms with Gasteiger partial charge in [0.25, 0.3) is 5.91 Å². The first-order valence-electron chi connectivity index (χ1n) is 9.42. The van der Waals surface area contributed by atoms with Crippen LogP contribution in [0.15, 0.2) is 53.4 Å². The highest BCUT2D eigenvalue weighted by Gasteiger charge is 2.31. The summed E-state index contributed by atoms with van der Waals surface area (Å²) in [5, 5.41) is 2.53. The minimum absolute atomic E-state index is 0.0333. The molecule has 1 fully saturated rings. The first-order chi connectivity index (χ1) is 14.1. The van der Waals surface area contributed by atoms with Gasteiger partial charge in [0.1, 0.15) is 5.75 Å². The lowest BCUT2D eigenvalue weighted by Gasteiger charge is -2.20. The van der Waals surface area contributed by atoms with Crippen LogP contribution >= 0.6 is 0 Å². The monoisotopic (exact) mass is 442 g/mol. The van der Waals surface area contributed by atoms with Crippen molar-refractivity contribution in [1.29, 1.82) is 0 Å². The lowest BCUT2D eigenvalue weighted by Crippen LogP contribution is -2.32. The zero-order valence-corrected chi connectivity index (χ0v) is 16.8. The fourth-order valence-electron chi connectivity index (χ4n) is 3.17. The van der Waals surface area contributed by atoms with Crippen molar-refractivity contribution in [2.75, 3.05) is 18.4 Å². The average molecular weight is 442 g/mol. The summed E-state index contributed by atoms with van der Waals surface area (Å²) in [6, 6.07) is 10.4. The molecule has 10 heteroatoms. The Morgan fingerprint density at radius 3 is 2.20 bits per heavy atom. The Labute approximate surface area is 172 Å². The molecule has 1 heterocycles. The summed E-state index contributed by atoms with van der Waals surface area (Å²) in [5.41, 5.74) is 0.372. The molecule has 0 aliphatic carbocycles. The van der Waals surface area contributed by atoms with Crippen LogP contribution in [0.25, 0.3) is 0 Å². The largest absolute Gasteiger partial charge is 0.573 e. The fraction of sp³-hybridized carbons (Fsp3) is 0.350. The van der Waals surface area contributed by atoms with Crippen molar-refractivity contribution in [2.24, 2.45) is 0 Å². The Kier molecular flexibility index (Phi) is 6.67. The minimum Gasteiger partial charge on any atom is -0.406 e. The van der Waals surface area contributed by atoms with Crippen molar-refractivity contribution in [3.05, 3.63) is 54.1 Å². The van der Waals surface area contributed by atoms with Gasteiger partial charge in [0.2, 0.25) is 10.0 Å². The SMILES string of the molecule is O=C(Nc1ccc(OC(F)(F)F)cc1)c1cccc(S(=O)(=O)N2CCCCCC2)c1. The zero-order chi connectivity index (χ0) is 21.8. The molecule has 2 aromatic rings. The molecule has 1 aliphatic heterocycles. The molecular formula is C20H21F3N2O4S. The number of halogens is 3. The average Bonchev–Trinajstić information content (AvgIpc) is 2.98. The van der Waals surface area contributed by atoms with Crippen LogP contribution in [0.1, 0.15) is 36.0 Å². The van der Waals surface area contributed by atoms with Crippen LogP contribution in [-0.4, -0.2) is 38.1 Å². The van der Waals surface area contributed by atoms with Crippen LogP contribution in [-0.2, 0) is 10.0 Å². The van der Waals surface area contributed by atoms with Crippen LogP contribution < -0.4 is 10.1 Å². The lowest BCUT2D eigenvalue weighted by atomic mass is 10.2. The standard InChI is InChI=1S/C20H21F3N2O4S/c21-20(22,23)29-17-10-8-16(9-11-17)24-19(26)15-6-5-7-18(14-15)30(27,28)25-12-3-1-2-4-13-25/h5-11,14H,1-4,12-13H2,(H,24,26). The number of hydrogen-bond donors (Lipinski definition) is 1. The zero-order valence-electron chi connectivity index (χ0n) is 16.0. The maximum absolute atomic E-state index is 12.9. The van der Waals surface area contributed by atoms with Crippen LogP contribution in [0.3, 0.4) is 0 Å². The topological polar surface area (TPSA) is 75.7 Å². The normalized spacial score (nSPS) is 16.0. The molecule has 3 rings (SSSR count). The molecule has 0 saturated carbocycles. The van der Waals surface area contributed by atoms with Crippen LogP contribution in [0.4, 0.5) is 18.9 Å². The van der Waals surface area contributed by atoms with E-state index in [4.69, 9.17) is 0 Å². The van der Waals surface area contributed by atoms with E-state index in [1.54, 1.807) is 0 Å². The molecule has 30 heavy (non-hydrogen) atoms. The molecule has 1 N–H and O–H groups in total. The predicted molar refractivity (Wildman–Crippen MR) is 105 cm³/mol. The number of benzene rings is 2. The number of ether oxygens (including phenoxy) is 1. The van der Waals surface area contributed by atoms with Crippen LogP contribution in [0.5, 0.6) is 5.75 Å². The number of nitrogens with zero attached hydrogens (tertiary/aromatic N) is 1.